The Morgan fingerprint density at radius 1 is 1.31 bits per heavy atom. The predicted molar refractivity (Wildman–Crippen MR) is 116 cm³/mol. The lowest BCUT2D eigenvalue weighted by Gasteiger charge is -2.21. The van der Waals surface area contributed by atoms with Gasteiger partial charge in [0.05, 0.1) is 22.6 Å². The third-order valence-corrected chi connectivity index (χ3v) is 8.08. The van der Waals surface area contributed by atoms with Crippen LogP contribution < -0.4 is 9.62 Å². The van der Waals surface area contributed by atoms with Crippen molar-refractivity contribution in [1.82, 2.24) is 10.3 Å². The lowest BCUT2D eigenvalue weighted by Crippen LogP contribution is -2.34. The zero-order chi connectivity index (χ0) is 20.6. The second kappa shape index (κ2) is 8.07. The molecule has 1 atom stereocenters. The van der Waals surface area contributed by atoms with Crippen molar-refractivity contribution >= 4 is 33.0 Å². The van der Waals surface area contributed by atoms with Crippen molar-refractivity contribution in [3.05, 3.63) is 44.9 Å². The van der Waals surface area contributed by atoms with Gasteiger partial charge in [-0.05, 0) is 69.2 Å². The first-order valence-corrected chi connectivity index (χ1v) is 12.9. The van der Waals surface area contributed by atoms with E-state index in [1.165, 1.54) is 39.0 Å². The Morgan fingerprint density at radius 2 is 2.10 bits per heavy atom. The molecule has 1 aromatic carbocycles. The zero-order valence-electron chi connectivity index (χ0n) is 16.9. The summed E-state index contributed by atoms with van der Waals surface area (Å²) in [5.74, 6) is -0.114. The molecule has 2 aliphatic rings. The van der Waals surface area contributed by atoms with Crippen LogP contribution in [0.2, 0.25) is 0 Å². The number of carbonyl (C=O) groups excluding carboxylic acids is 1. The van der Waals surface area contributed by atoms with Gasteiger partial charge in [0.25, 0.3) is 5.91 Å². The van der Waals surface area contributed by atoms with Gasteiger partial charge in [-0.3, -0.25) is 9.10 Å². The minimum Gasteiger partial charge on any atom is -0.352 e. The second-order valence-electron chi connectivity index (χ2n) is 8.00. The summed E-state index contributed by atoms with van der Waals surface area (Å²) >= 11 is 1.83. The van der Waals surface area contributed by atoms with Gasteiger partial charge >= 0.3 is 0 Å². The number of aromatic nitrogens is 1. The maximum atomic E-state index is 12.5. The second-order valence-corrected chi connectivity index (χ2v) is 11.0. The smallest absolute Gasteiger partial charge is 0.251 e. The van der Waals surface area contributed by atoms with Crippen molar-refractivity contribution in [2.75, 3.05) is 17.1 Å². The van der Waals surface area contributed by atoms with Crippen molar-refractivity contribution in [1.29, 1.82) is 0 Å². The van der Waals surface area contributed by atoms with Crippen molar-refractivity contribution in [3.8, 4) is 0 Å². The monoisotopic (exact) mass is 433 g/mol. The molecule has 156 valence electrons. The zero-order valence-corrected chi connectivity index (χ0v) is 18.5. The van der Waals surface area contributed by atoms with Gasteiger partial charge in [0.2, 0.25) is 10.0 Å². The number of aryl methyl sites for hydroxylation is 3. The summed E-state index contributed by atoms with van der Waals surface area (Å²) in [6.45, 7) is 2.49. The number of nitrogens with zero attached hydrogens (tertiary/aromatic N) is 2. The Balaban J connectivity index is 1.33. The summed E-state index contributed by atoms with van der Waals surface area (Å²) in [4.78, 5) is 18.7. The molecular formula is C21H27N3O3S2. The van der Waals surface area contributed by atoms with E-state index in [0.29, 0.717) is 24.2 Å². The molecule has 1 N–H and O–H groups in total. The van der Waals surface area contributed by atoms with E-state index in [4.69, 9.17) is 4.98 Å². The molecule has 2 heterocycles. The number of sulfonamides is 1. The van der Waals surface area contributed by atoms with Crippen LogP contribution in [0.5, 0.6) is 0 Å². The molecule has 2 aromatic rings. The van der Waals surface area contributed by atoms with Crippen LogP contribution in [-0.2, 0) is 35.7 Å². The first-order valence-electron chi connectivity index (χ1n) is 10.2. The molecule has 0 spiro atoms. The number of thiazole rings is 1. The summed E-state index contributed by atoms with van der Waals surface area (Å²) in [5, 5.41) is 4.16. The molecule has 0 saturated heterocycles. The molecule has 0 saturated carbocycles. The van der Waals surface area contributed by atoms with Gasteiger partial charge in [-0.25, -0.2) is 13.4 Å². The van der Waals surface area contributed by atoms with E-state index in [1.807, 2.05) is 24.3 Å². The number of nitrogens with one attached hydrogen (secondary N) is 1. The van der Waals surface area contributed by atoms with Gasteiger partial charge in [0.1, 0.15) is 0 Å². The van der Waals surface area contributed by atoms with E-state index >= 15 is 0 Å². The molecule has 1 amide bonds. The van der Waals surface area contributed by atoms with Crippen LogP contribution in [0.15, 0.2) is 18.2 Å². The SMILES string of the molecule is CC1Cc2cc(C(=O)NCCCc3nc4c(s3)CCCC4)ccc2N1S(C)(=O)=O. The Kier molecular flexibility index (Phi) is 5.66. The molecule has 1 aliphatic carbocycles. The van der Waals surface area contributed by atoms with Crippen molar-refractivity contribution < 1.29 is 13.2 Å². The highest BCUT2D eigenvalue weighted by molar-refractivity contribution is 7.92. The Bertz CT molecular complexity index is 1010. The third-order valence-electron chi connectivity index (χ3n) is 5.60. The molecule has 6 nitrogen and oxygen atoms in total. The fourth-order valence-corrected chi connectivity index (χ4v) is 6.77. The lowest BCUT2D eigenvalue weighted by atomic mass is 10.0. The molecule has 0 radical (unpaired) electrons. The highest BCUT2D eigenvalue weighted by Crippen LogP contribution is 2.34. The third kappa shape index (κ3) is 4.33. The fourth-order valence-electron chi connectivity index (χ4n) is 4.31. The van der Waals surface area contributed by atoms with Gasteiger partial charge < -0.3 is 5.32 Å². The molecular weight excluding hydrogens is 406 g/mol. The van der Waals surface area contributed by atoms with Crippen molar-refractivity contribution in [3.63, 3.8) is 0 Å². The van der Waals surface area contributed by atoms with Crippen LogP contribution in [0.3, 0.4) is 0 Å². The molecule has 1 aliphatic heterocycles. The van der Waals surface area contributed by atoms with Crippen LogP contribution in [0, 0.1) is 0 Å². The first-order chi connectivity index (χ1) is 13.8. The van der Waals surface area contributed by atoms with Gasteiger partial charge in [-0.2, -0.15) is 0 Å². The summed E-state index contributed by atoms with van der Waals surface area (Å²) < 4.78 is 25.5. The minimum absolute atomic E-state index is 0.114. The Labute approximate surface area is 176 Å². The number of hydrogen-bond donors (Lipinski definition) is 1. The normalized spacial score (nSPS) is 18.4. The topological polar surface area (TPSA) is 79.4 Å². The van der Waals surface area contributed by atoms with Crippen LogP contribution >= 0.6 is 11.3 Å². The fraction of sp³-hybridized carbons (Fsp3) is 0.524. The quantitative estimate of drug-likeness (QED) is 0.710. The molecule has 8 heteroatoms. The molecule has 4 rings (SSSR count). The van der Waals surface area contributed by atoms with E-state index in [0.717, 1.165) is 31.2 Å². The summed E-state index contributed by atoms with van der Waals surface area (Å²) in [6, 6.07) is 5.15. The maximum Gasteiger partial charge on any atom is 0.251 e. The number of rotatable bonds is 6. The van der Waals surface area contributed by atoms with Gasteiger partial charge in [-0.15, -0.1) is 11.3 Å². The van der Waals surface area contributed by atoms with E-state index < -0.39 is 10.0 Å². The largest absolute Gasteiger partial charge is 0.352 e. The Hall–Kier alpha value is -1.93. The summed E-state index contributed by atoms with van der Waals surface area (Å²) in [5.41, 5.74) is 3.46. The molecule has 29 heavy (non-hydrogen) atoms. The van der Waals surface area contributed by atoms with Crippen molar-refractivity contribution in [2.24, 2.45) is 0 Å². The highest BCUT2D eigenvalue weighted by Gasteiger charge is 2.32. The first kappa shape index (κ1) is 20.3. The number of benzene rings is 1. The molecule has 0 bridgehead atoms. The lowest BCUT2D eigenvalue weighted by molar-refractivity contribution is 0.0953. The van der Waals surface area contributed by atoms with E-state index in [1.54, 1.807) is 12.1 Å². The number of carbonyl (C=O) groups is 1. The molecule has 1 unspecified atom stereocenters. The molecule has 0 fully saturated rings. The average Bonchev–Trinajstić information content (AvgIpc) is 3.23. The average molecular weight is 434 g/mol. The van der Waals surface area contributed by atoms with Crippen LogP contribution in [-0.4, -0.2) is 38.2 Å². The van der Waals surface area contributed by atoms with Gasteiger partial charge in [-0.1, -0.05) is 0 Å². The van der Waals surface area contributed by atoms with Crippen molar-refractivity contribution in [2.45, 2.75) is 57.9 Å². The minimum atomic E-state index is -3.32. The van der Waals surface area contributed by atoms with E-state index in [2.05, 4.69) is 5.32 Å². The summed E-state index contributed by atoms with van der Waals surface area (Å²) in [6.07, 6.45) is 8.38. The highest BCUT2D eigenvalue weighted by atomic mass is 32.2. The van der Waals surface area contributed by atoms with Gasteiger partial charge in [0.15, 0.2) is 0 Å². The summed E-state index contributed by atoms with van der Waals surface area (Å²) in [7, 11) is -3.32. The standard InChI is InChI=1S/C21H27N3O3S2/c1-14-12-16-13-15(9-10-18(16)24(14)29(2,26)27)21(25)22-11-5-8-20-23-17-6-3-4-7-19(17)28-20/h9-10,13-14H,3-8,11-12H2,1-2H3,(H,22,25). The number of amides is 1. The van der Waals surface area contributed by atoms with Crippen LogP contribution in [0.1, 0.15) is 57.7 Å². The number of hydrogen-bond acceptors (Lipinski definition) is 5. The van der Waals surface area contributed by atoms with Crippen LogP contribution in [0.25, 0.3) is 0 Å². The Morgan fingerprint density at radius 3 is 2.86 bits per heavy atom. The van der Waals surface area contributed by atoms with Gasteiger partial charge in [0, 0.05) is 29.4 Å². The molecule has 1 aromatic heterocycles. The maximum absolute atomic E-state index is 12.5. The number of fused-ring (bicyclic) bond motifs is 2. The van der Waals surface area contributed by atoms with E-state index in [-0.39, 0.29) is 11.9 Å². The van der Waals surface area contributed by atoms with Crippen LogP contribution in [0.4, 0.5) is 5.69 Å². The van der Waals surface area contributed by atoms with E-state index in [9.17, 15) is 13.2 Å². The number of anilines is 1. The predicted octanol–water partition coefficient (Wildman–Crippen LogP) is 3.10.